The maximum Gasteiger partial charge on any atom is 0.265 e. The van der Waals surface area contributed by atoms with Crippen LogP contribution in [0.4, 0.5) is 5.69 Å². The molecular formula is C19H12Cl2N2O2S. The lowest BCUT2D eigenvalue weighted by atomic mass is 10.1. The second kappa shape index (κ2) is 6.76. The summed E-state index contributed by atoms with van der Waals surface area (Å²) in [5, 5.41) is 5.70. The summed E-state index contributed by atoms with van der Waals surface area (Å²) in [6.45, 7) is 1.93. The van der Waals surface area contributed by atoms with Crippen LogP contribution in [0.2, 0.25) is 10.0 Å². The summed E-state index contributed by atoms with van der Waals surface area (Å²) in [6.07, 6.45) is 0. The van der Waals surface area contributed by atoms with Crippen LogP contribution in [0.5, 0.6) is 0 Å². The van der Waals surface area contributed by atoms with E-state index in [1.165, 1.54) is 11.3 Å². The van der Waals surface area contributed by atoms with E-state index in [1.54, 1.807) is 18.2 Å². The lowest BCUT2D eigenvalue weighted by Gasteiger charge is -2.08. The van der Waals surface area contributed by atoms with Crippen LogP contribution in [0.15, 0.2) is 52.3 Å². The van der Waals surface area contributed by atoms with Crippen LogP contribution >= 0.6 is 34.5 Å². The minimum Gasteiger partial charge on any atom is -0.435 e. The second-order valence-corrected chi connectivity index (χ2v) is 7.51. The molecule has 4 rings (SSSR count). The van der Waals surface area contributed by atoms with E-state index in [9.17, 15) is 4.79 Å². The Labute approximate surface area is 163 Å². The third-order valence-corrected chi connectivity index (χ3v) is 5.25. The molecule has 4 nitrogen and oxygen atoms in total. The van der Waals surface area contributed by atoms with E-state index in [0.29, 0.717) is 37.6 Å². The number of oxazole rings is 1. The highest BCUT2D eigenvalue weighted by Gasteiger charge is 2.14. The summed E-state index contributed by atoms with van der Waals surface area (Å²) in [6, 6.07) is 12.6. The van der Waals surface area contributed by atoms with Gasteiger partial charge in [0.15, 0.2) is 5.58 Å². The summed E-state index contributed by atoms with van der Waals surface area (Å²) in [7, 11) is 0. The van der Waals surface area contributed by atoms with Crippen molar-refractivity contribution in [2.45, 2.75) is 6.92 Å². The van der Waals surface area contributed by atoms with Crippen LogP contribution in [0, 0.1) is 6.92 Å². The fraction of sp³-hybridized carbons (Fsp3) is 0.0526. The van der Waals surface area contributed by atoms with Crippen molar-refractivity contribution in [1.82, 2.24) is 4.98 Å². The monoisotopic (exact) mass is 402 g/mol. The number of aromatic nitrogens is 1. The van der Waals surface area contributed by atoms with E-state index in [2.05, 4.69) is 10.3 Å². The summed E-state index contributed by atoms with van der Waals surface area (Å²) >= 11 is 13.6. The summed E-state index contributed by atoms with van der Waals surface area (Å²) < 4.78 is 5.80. The molecule has 0 unspecified atom stereocenters. The lowest BCUT2D eigenvalue weighted by molar-refractivity contribution is 0.103. The zero-order valence-electron chi connectivity index (χ0n) is 13.5. The van der Waals surface area contributed by atoms with Crippen LogP contribution in [-0.4, -0.2) is 10.9 Å². The zero-order chi connectivity index (χ0) is 18.3. The number of hydrogen-bond acceptors (Lipinski definition) is 4. The fourth-order valence-electron chi connectivity index (χ4n) is 2.56. The van der Waals surface area contributed by atoms with Crippen molar-refractivity contribution in [2.24, 2.45) is 0 Å². The first-order valence-electron chi connectivity index (χ1n) is 7.73. The highest BCUT2D eigenvalue weighted by atomic mass is 35.5. The van der Waals surface area contributed by atoms with Crippen LogP contribution in [0.1, 0.15) is 15.2 Å². The number of carbonyl (C=O) groups excluding carboxylic acids is 1. The second-order valence-electron chi connectivity index (χ2n) is 5.72. The molecule has 4 aromatic rings. The summed E-state index contributed by atoms with van der Waals surface area (Å²) in [5.41, 5.74) is 3.45. The Balaban J connectivity index is 1.72. The maximum absolute atomic E-state index is 12.3. The van der Waals surface area contributed by atoms with E-state index in [0.717, 1.165) is 11.1 Å². The predicted octanol–water partition coefficient (Wildman–Crippen LogP) is 6.42. The Kier molecular flexibility index (Phi) is 4.44. The van der Waals surface area contributed by atoms with Gasteiger partial charge in [-0.25, -0.2) is 4.98 Å². The first-order chi connectivity index (χ1) is 12.5. The number of fused-ring (bicyclic) bond motifs is 1. The van der Waals surface area contributed by atoms with Crippen LogP contribution in [-0.2, 0) is 0 Å². The van der Waals surface area contributed by atoms with Gasteiger partial charge in [-0.1, -0.05) is 35.3 Å². The molecule has 2 aromatic carbocycles. The number of anilines is 1. The molecule has 0 bridgehead atoms. The normalized spacial score (nSPS) is 11.0. The van der Waals surface area contributed by atoms with Gasteiger partial charge in [0.2, 0.25) is 5.89 Å². The molecule has 0 saturated carbocycles. The number of carbonyl (C=O) groups is 1. The smallest absolute Gasteiger partial charge is 0.265 e. The van der Waals surface area contributed by atoms with Crippen molar-refractivity contribution >= 4 is 57.2 Å². The molecule has 26 heavy (non-hydrogen) atoms. The van der Waals surface area contributed by atoms with Gasteiger partial charge in [-0.15, -0.1) is 11.3 Å². The largest absolute Gasteiger partial charge is 0.435 e. The van der Waals surface area contributed by atoms with Gasteiger partial charge in [0, 0.05) is 16.3 Å². The van der Waals surface area contributed by atoms with E-state index >= 15 is 0 Å². The molecule has 0 atom stereocenters. The molecule has 0 fully saturated rings. The summed E-state index contributed by atoms with van der Waals surface area (Å²) in [4.78, 5) is 17.4. The molecule has 0 saturated heterocycles. The van der Waals surface area contributed by atoms with Gasteiger partial charge in [0.1, 0.15) is 5.52 Å². The third kappa shape index (κ3) is 3.21. The average Bonchev–Trinajstić information content (AvgIpc) is 3.26. The number of halogens is 2. The van der Waals surface area contributed by atoms with Crippen LogP contribution in [0.25, 0.3) is 22.6 Å². The molecule has 2 aromatic heterocycles. The Morgan fingerprint density at radius 3 is 2.81 bits per heavy atom. The third-order valence-electron chi connectivity index (χ3n) is 3.89. The highest BCUT2D eigenvalue weighted by Crippen LogP contribution is 2.33. The Morgan fingerprint density at radius 2 is 2.04 bits per heavy atom. The van der Waals surface area contributed by atoms with Crippen molar-refractivity contribution in [3.63, 3.8) is 0 Å². The Bertz CT molecular complexity index is 1120. The first-order valence-corrected chi connectivity index (χ1v) is 9.36. The molecule has 0 spiro atoms. The van der Waals surface area contributed by atoms with Gasteiger partial charge in [0.05, 0.1) is 9.90 Å². The molecule has 7 heteroatoms. The number of thiophene rings is 1. The van der Waals surface area contributed by atoms with Gasteiger partial charge in [0.25, 0.3) is 5.91 Å². The Hall–Kier alpha value is -2.34. The van der Waals surface area contributed by atoms with E-state index < -0.39 is 0 Å². The molecule has 0 aliphatic carbocycles. The number of aryl methyl sites for hydroxylation is 1. The predicted molar refractivity (Wildman–Crippen MR) is 106 cm³/mol. The standard InChI is InChI=1S/C19H12Cl2N2O2S/c1-10-4-5-11(7-14(10)22-18(24)16-3-2-6-26-16)19-23-15-9-12(20)8-13(21)17(15)25-19/h2-9H,1H3,(H,22,24). The molecule has 0 aliphatic heterocycles. The van der Waals surface area contributed by atoms with E-state index in [4.69, 9.17) is 27.6 Å². The molecule has 2 heterocycles. The summed E-state index contributed by atoms with van der Waals surface area (Å²) in [5.74, 6) is 0.267. The molecule has 130 valence electrons. The van der Waals surface area contributed by atoms with Gasteiger partial charge in [-0.2, -0.15) is 0 Å². The SMILES string of the molecule is Cc1ccc(-c2nc3cc(Cl)cc(Cl)c3o2)cc1NC(=O)c1cccs1. The topological polar surface area (TPSA) is 55.1 Å². The molecule has 0 radical (unpaired) electrons. The number of nitrogens with one attached hydrogen (secondary N) is 1. The maximum atomic E-state index is 12.3. The highest BCUT2D eigenvalue weighted by molar-refractivity contribution is 7.12. The first kappa shape index (κ1) is 17.1. The number of rotatable bonds is 3. The fourth-order valence-corrected chi connectivity index (χ4v) is 3.70. The van der Waals surface area contributed by atoms with Crippen molar-refractivity contribution in [3.05, 3.63) is 68.3 Å². The van der Waals surface area contributed by atoms with E-state index in [1.807, 2.05) is 36.6 Å². The minimum absolute atomic E-state index is 0.146. The molecule has 0 aliphatic rings. The number of hydrogen-bond donors (Lipinski definition) is 1. The average molecular weight is 403 g/mol. The van der Waals surface area contributed by atoms with Gasteiger partial charge < -0.3 is 9.73 Å². The number of nitrogens with zero attached hydrogens (tertiary/aromatic N) is 1. The quantitative estimate of drug-likeness (QED) is 0.429. The Morgan fingerprint density at radius 1 is 1.19 bits per heavy atom. The molecular weight excluding hydrogens is 391 g/mol. The van der Waals surface area contributed by atoms with Crippen molar-refractivity contribution in [3.8, 4) is 11.5 Å². The van der Waals surface area contributed by atoms with Crippen LogP contribution in [0.3, 0.4) is 0 Å². The van der Waals surface area contributed by atoms with E-state index in [-0.39, 0.29) is 5.91 Å². The van der Waals surface area contributed by atoms with Crippen LogP contribution < -0.4 is 5.32 Å². The van der Waals surface area contributed by atoms with Crippen molar-refractivity contribution in [2.75, 3.05) is 5.32 Å². The van der Waals surface area contributed by atoms with Gasteiger partial charge >= 0.3 is 0 Å². The van der Waals surface area contributed by atoms with Crippen molar-refractivity contribution < 1.29 is 9.21 Å². The lowest BCUT2D eigenvalue weighted by Crippen LogP contribution is -2.11. The minimum atomic E-state index is -0.146. The van der Waals surface area contributed by atoms with Gasteiger partial charge in [-0.05, 0) is 48.2 Å². The number of benzene rings is 2. The van der Waals surface area contributed by atoms with Gasteiger partial charge in [-0.3, -0.25) is 4.79 Å². The zero-order valence-corrected chi connectivity index (χ0v) is 15.9. The molecule has 1 amide bonds. The van der Waals surface area contributed by atoms with Crippen molar-refractivity contribution in [1.29, 1.82) is 0 Å². The number of amides is 1. The molecule has 1 N–H and O–H groups in total.